The Kier molecular flexibility index (Phi) is 3.14. The molecule has 1 fully saturated rings. The predicted molar refractivity (Wildman–Crippen MR) is 74.5 cm³/mol. The van der Waals surface area contributed by atoms with Crippen molar-refractivity contribution in [3.63, 3.8) is 0 Å². The zero-order valence-corrected chi connectivity index (χ0v) is 11.6. The summed E-state index contributed by atoms with van der Waals surface area (Å²) >= 11 is 6.11. The molecular weight excluding hydrogens is 262 g/mol. The molecule has 0 spiro atoms. The van der Waals surface area contributed by atoms with Crippen LogP contribution >= 0.6 is 11.6 Å². The summed E-state index contributed by atoms with van der Waals surface area (Å²) in [6.45, 7) is 1.99. The van der Waals surface area contributed by atoms with Crippen molar-refractivity contribution >= 4 is 17.3 Å². The van der Waals surface area contributed by atoms with Crippen LogP contribution in [0.1, 0.15) is 43.0 Å². The summed E-state index contributed by atoms with van der Waals surface area (Å²) in [5.74, 6) is 1.38. The van der Waals surface area contributed by atoms with Crippen molar-refractivity contribution < 1.29 is 0 Å². The zero-order valence-electron chi connectivity index (χ0n) is 10.8. The SMILES string of the molecule is Cc1cc(N)c(Cl)cc1-n1nnnc1C1CCCC1. The third kappa shape index (κ3) is 2.18. The molecular formula is C13H16ClN5. The van der Waals surface area contributed by atoms with Gasteiger partial charge in [0.1, 0.15) is 0 Å². The number of hydrogen-bond donors (Lipinski definition) is 1. The van der Waals surface area contributed by atoms with Gasteiger partial charge in [-0.1, -0.05) is 24.4 Å². The maximum absolute atomic E-state index is 6.11. The van der Waals surface area contributed by atoms with E-state index in [4.69, 9.17) is 17.3 Å². The fourth-order valence-corrected chi connectivity index (χ4v) is 2.88. The van der Waals surface area contributed by atoms with Crippen LogP contribution in [-0.2, 0) is 0 Å². The molecule has 1 aliphatic rings. The lowest BCUT2D eigenvalue weighted by molar-refractivity contribution is 0.635. The Morgan fingerprint density at radius 3 is 2.79 bits per heavy atom. The van der Waals surface area contributed by atoms with E-state index < -0.39 is 0 Å². The van der Waals surface area contributed by atoms with Crippen molar-refractivity contribution in [2.45, 2.75) is 38.5 Å². The summed E-state index contributed by atoms with van der Waals surface area (Å²) < 4.78 is 1.80. The Morgan fingerprint density at radius 2 is 2.05 bits per heavy atom. The van der Waals surface area contributed by atoms with E-state index in [9.17, 15) is 0 Å². The first kappa shape index (κ1) is 12.4. The minimum Gasteiger partial charge on any atom is -0.398 e. The number of nitrogens with two attached hydrogens (primary N) is 1. The second-order valence-electron chi connectivity index (χ2n) is 5.09. The predicted octanol–water partition coefficient (Wildman–Crippen LogP) is 2.86. The van der Waals surface area contributed by atoms with Gasteiger partial charge in [0.05, 0.1) is 16.4 Å². The maximum Gasteiger partial charge on any atom is 0.159 e. The van der Waals surface area contributed by atoms with Gasteiger partial charge in [0.15, 0.2) is 5.82 Å². The number of aryl methyl sites for hydroxylation is 1. The van der Waals surface area contributed by atoms with Crippen LogP contribution in [-0.4, -0.2) is 20.2 Å². The monoisotopic (exact) mass is 277 g/mol. The molecule has 2 N–H and O–H groups in total. The lowest BCUT2D eigenvalue weighted by Gasteiger charge is -2.12. The molecule has 1 aromatic carbocycles. The Bertz CT molecular complexity index is 601. The lowest BCUT2D eigenvalue weighted by Crippen LogP contribution is -2.08. The lowest BCUT2D eigenvalue weighted by atomic mass is 10.1. The minimum absolute atomic E-state index is 0.450. The molecule has 0 aliphatic heterocycles. The van der Waals surface area contributed by atoms with Gasteiger partial charge in [-0.05, 0) is 47.9 Å². The van der Waals surface area contributed by atoms with E-state index in [-0.39, 0.29) is 0 Å². The molecule has 6 heteroatoms. The quantitative estimate of drug-likeness (QED) is 0.857. The summed E-state index contributed by atoms with van der Waals surface area (Å²) in [7, 11) is 0. The van der Waals surface area contributed by atoms with E-state index in [0.717, 1.165) is 29.9 Å². The Balaban J connectivity index is 2.07. The van der Waals surface area contributed by atoms with E-state index in [1.807, 2.05) is 19.1 Å². The Labute approximate surface area is 116 Å². The third-order valence-corrected chi connectivity index (χ3v) is 4.08. The fraction of sp³-hybridized carbons (Fsp3) is 0.462. The minimum atomic E-state index is 0.450. The van der Waals surface area contributed by atoms with Gasteiger partial charge in [0.2, 0.25) is 0 Å². The summed E-state index contributed by atoms with van der Waals surface area (Å²) in [6, 6.07) is 3.69. The molecule has 1 aromatic heterocycles. The second kappa shape index (κ2) is 4.81. The highest BCUT2D eigenvalue weighted by Crippen LogP contribution is 2.34. The van der Waals surface area contributed by atoms with Gasteiger partial charge in [0, 0.05) is 5.92 Å². The first-order valence-corrected chi connectivity index (χ1v) is 6.89. The van der Waals surface area contributed by atoms with Gasteiger partial charge in [-0.25, -0.2) is 0 Å². The molecule has 5 nitrogen and oxygen atoms in total. The number of benzene rings is 1. The molecule has 0 saturated heterocycles. The Morgan fingerprint density at radius 1 is 1.32 bits per heavy atom. The normalized spacial score (nSPS) is 16.1. The molecule has 0 bridgehead atoms. The van der Waals surface area contributed by atoms with Crippen molar-refractivity contribution in [1.82, 2.24) is 20.2 Å². The van der Waals surface area contributed by atoms with Crippen LogP contribution in [0.4, 0.5) is 5.69 Å². The number of rotatable bonds is 2. The standard InChI is InChI=1S/C13H16ClN5/c1-8-6-11(15)10(14)7-12(8)19-13(16-17-18-19)9-4-2-3-5-9/h6-7,9H,2-5,15H2,1H3. The highest BCUT2D eigenvalue weighted by molar-refractivity contribution is 6.33. The number of hydrogen-bond acceptors (Lipinski definition) is 4. The third-order valence-electron chi connectivity index (χ3n) is 3.76. The molecule has 1 saturated carbocycles. The average Bonchev–Trinajstić information content (AvgIpc) is 3.03. The van der Waals surface area contributed by atoms with Gasteiger partial charge in [0.25, 0.3) is 0 Å². The number of nitrogen functional groups attached to an aromatic ring is 1. The summed E-state index contributed by atoms with van der Waals surface area (Å²) in [6.07, 6.45) is 4.81. The van der Waals surface area contributed by atoms with Crippen LogP contribution in [0, 0.1) is 6.92 Å². The van der Waals surface area contributed by atoms with Gasteiger partial charge in [-0.15, -0.1) is 5.10 Å². The second-order valence-corrected chi connectivity index (χ2v) is 5.50. The van der Waals surface area contributed by atoms with Crippen LogP contribution < -0.4 is 5.73 Å². The van der Waals surface area contributed by atoms with Crippen LogP contribution in [0.3, 0.4) is 0 Å². The average molecular weight is 278 g/mol. The first-order valence-electron chi connectivity index (χ1n) is 6.51. The van der Waals surface area contributed by atoms with Crippen molar-refractivity contribution in [1.29, 1.82) is 0 Å². The summed E-state index contributed by atoms with van der Waals surface area (Å²) in [5, 5.41) is 12.7. The molecule has 3 rings (SSSR count). The number of anilines is 1. The van der Waals surface area contributed by atoms with Gasteiger partial charge < -0.3 is 5.73 Å². The van der Waals surface area contributed by atoms with E-state index in [2.05, 4.69) is 15.5 Å². The molecule has 100 valence electrons. The van der Waals surface area contributed by atoms with Crippen LogP contribution in [0.5, 0.6) is 0 Å². The van der Waals surface area contributed by atoms with Gasteiger partial charge in [-0.3, -0.25) is 0 Å². The first-order chi connectivity index (χ1) is 9.16. The van der Waals surface area contributed by atoms with E-state index in [1.165, 1.54) is 12.8 Å². The molecule has 0 atom stereocenters. The van der Waals surface area contributed by atoms with E-state index in [0.29, 0.717) is 16.6 Å². The van der Waals surface area contributed by atoms with Gasteiger partial charge in [-0.2, -0.15) is 4.68 Å². The molecule has 1 aliphatic carbocycles. The molecule has 1 heterocycles. The Hall–Kier alpha value is -1.62. The zero-order chi connectivity index (χ0) is 13.4. The molecule has 19 heavy (non-hydrogen) atoms. The smallest absolute Gasteiger partial charge is 0.159 e. The number of tetrazole rings is 1. The number of halogens is 1. The highest BCUT2D eigenvalue weighted by atomic mass is 35.5. The van der Waals surface area contributed by atoms with Crippen molar-refractivity contribution in [2.75, 3.05) is 5.73 Å². The number of aromatic nitrogens is 4. The topological polar surface area (TPSA) is 69.6 Å². The van der Waals surface area contributed by atoms with Crippen LogP contribution in [0.2, 0.25) is 5.02 Å². The van der Waals surface area contributed by atoms with Crippen LogP contribution in [0.15, 0.2) is 12.1 Å². The van der Waals surface area contributed by atoms with Crippen molar-refractivity contribution in [2.24, 2.45) is 0 Å². The van der Waals surface area contributed by atoms with Crippen molar-refractivity contribution in [3.05, 3.63) is 28.5 Å². The fourth-order valence-electron chi connectivity index (χ4n) is 2.73. The summed E-state index contributed by atoms with van der Waals surface area (Å²) in [5.41, 5.74) is 8.32. The molecule has 0 amide bonds. The summed E-state index contributed by atoms with van der Waals surface area (Å²) in [4.78, 5) is 0. The number of nitrogens with zero attached hydrogens (tertiary/aromatic N) is 4. The van der Waals surface area contributed by atoms with E-state index >= 15 is 0 Å². The largest absolute Gasteiger partial charge is 0.398 e. The van der Waals surface area contributed by atoms with E-state index in [1.54, 1.807) is 4.68 Å². The van der Waals surface area contributed by atoms with Gasteiger partial charge >= 0.3 is 0 Å². The van der Waals surface area contributed by atoms with Crippen molar-refractivity contribution in [3.8, 4) is 5.69 Å². The van der Waals surface area contributed by atoms with Crippen LogP contribution in [0.25, 0.3) is 5.69 Å². The maximum atomic E-state index is 6.11. The molecule has 0 unspecified atom stereocenters. The molecule has 0 radical (unpaired) electrons. The highest BCUT2D eigenvalue weighted by Gasteiger charge is 2.24. The molecule has 2 aromatic rings.